The molecule has 0 saturated carbocycles. The van der Waals surface area contributed by atoms with Gasteiger partial charge in [0, 0.05) is 26.2 Å². The Morgan fingerprint density at radius 2 is 1.68 bits per heavy atom. The molecular weight excluding hydrogens is 358 g/mol. The second-order valence-corrected chi connectivity index (χ2v) is 7.33. The fourth-order valence-corrected chi connectivity index (χ4v) is 4.09. The fraction of sp³-hybridized carbons (Fsp3) is 0.381. The van der Waals surface area contributed by atoms with Gasteiger partial charge in [-0.2, -0.15) is 0 Å². The maximum absolute atomic E-state index is 13.1. The van der Waals surface area contributed by atoms with Gasteiger partial charge in [0.1, 0.15) is 0 Å². The number of aryl methyl sites for hydroxylation is 2. The van der Waals surface area contributed by atoms with E-state index < -0.39 is 6.04 Å². The van der Waals surface area contributed by atoms with Gasteiger partial charge in [0.25, 0.3) is 11.8 Å². The zero-order valence-corrected chi connectivity index (χ0v) is 16.1. The Hall–Kier alpha value is -2.93. The number of benzene rings is 1. The second-order valence-electron chi connectivity index (χ2n) is 7.33. The molecule has 2 aliphatic heterocycles. The molecule has 0 unspecified atom stereocenters. The number of carbonyl (C=O) groups is 3. The van der Waals surface area contributed by atoms with Crippen LogP contribution >= 0.6 is 0 Å². The molecule has 28 heavy (non-hydrogen) atoms. The summed E-state index contributed by atoms with van der Waals surface area (Å²) >= 11 is 0. The second kappa shape index (κ2) is 7.24. The van der Waals surface area contributed by atoms with Crippen LogP contribution in [0.4, 0.5) is 5.69 Å². The first kappa shape index (κ1) is 18.4. The Kier molecular flexibility index (Phi) is 4.77. The fourth-order valence-electron chi connectivity index (χ4n) is 4.09. The maximum Gasteiger partial charge on any atom is 0.289 e. The minimum atomic E-state index is -0.465. The van der Waals surface area contributed by atoms with Gasteiger partial charge in [-0.15, -0.1) is 0 Å². The summed E-state index contributed by atoms with van der Waals surface area (Å²) in [5.41, 5.74) is 2.53. The highest BCUT2D eigenvalue weighted by molar-refractivity contribution is 6.23. The van der Waals surface area contributed by atoms with E-state index in [1.54, 1.807) is 17.0 Å². The molecule has 0 radical (unpaired) electrons. The maximum atomic E-state index is 13.1. The van der Waals surface area contributed by atoms with E-state index in [0.717, 1.165) is 11.1 Å². The van der Waals surface area contributed by atoms with Gasteiger partial charge in [-0.05, 0) is 37.1 Å². The lowest BCUT2D eigenvalue weighted by atomic mass is 10.1. The smallest absolute Gasteiger partial charge is 0.289 e. The van der Waals surface area contributed by atoms with E-state index in [4.69, 9.17) is 4.42 Å². The quantitative estimate of drug-likeness (QED) is 0.760. The summed E-state index contributed by atoms with van der Waals surface area (Å²) in [6.45, 7) is 5.93. The van der Waals surface area contributed by atoms with Gasteiger partial charge in [-0.25, -0.2) is 4.90 Å². The van der Waals surface area contributed by atoms with Crippen LogP contribution in [0.2, 0.25) is 0 Å². The minimum absolute atomic E-state index is 0.143. The molecule has 0 bridgehead atoms. The summed E-state index contributed by atoms with van der Waals surface area (Å²) in [6, 6.07) is 8.62. The molecule has 0 N–H and O–H groups in total. The molecule has 2 aliphatic rings. The number of hydrogen-bond acceptors (Lipinski definition) is 5. The summed E-state index contributed by atoms with van der Waals surface area (Å²) in [6.07, 6.45) is 1.66. The number of furan rings is 1. The summed E-state index contributed by atoms with van der Waals surface area (Å²) < 4.78 is 5.18. The van der Waals surface area contributed by atoms with Crippen LogP contribution in [0.25, 0.3) is 0 Å². The van der Waals surface area contributed by atoms with Crippen molar-refractivity contribution in [3.8, 4) is 0 Å². The normalized spacial score (nSPS) is 20.9. The Balaban J connectivity index is 1.46. The lowest BCUT2D eigenvalue weighted by Crippen LogP contribution is -2.53. The third-order valence-corrected chi connectivity index (χ3v) is 5.56. The van der Waals surface area contributed by atoms with E-state index >= 15 is 0 Å². The number of para-hydroxylation sites is 1. The molecule has 0 spiro atoms. The third-order valence-electron chi connectivity index (χ3n) is 5.56. The highest BCUT2D eigenvalue weighted by Crippen LogP contribution is 2.31. The van der Waals surface area contributed by atoms with Gasteiger partial charge in [-0.1, -0.05) is 18.2 Å². The number of piperazine rings is 1. The van der Waals surface area contributed by atoms with Crippen molar-refractivity contribution in [1.29, 1.82) is 0 Å². The zero-order valence-electron chi connectivity index (χ0n) is 16.1. The van der Waals surface area contributed by atoms with E-state index in [1.807, 2.05) is 36.9 Å². The predicted octanol–water partition coefficient (Wildman–Crippen LogP) is 1.99. The molecule has 7 nitrogen and oxygen atoms in total. The van der Waals surface area contributed by atoms with Crippen molar-refractivity contribution in [2.24, 2.45) is 0 Å². The summed E-state index contributed by atoms with van der Waals surface area (Å²) in [5.74, 6) is -0.160. The van der Waals surface area contributed by atoms with Gasteiger partial charge >= 0.3 is 0 Å². The Labute approximate surface area is 163 Å². The van der Waals surface area contributed by atoms with Crippen LogP contribution in [0, 0.1) is 13.8 Å². The predicted molar refractivity (Wildman–Crippen MR) is 103 cm³/mol. The van der Waals surface area contributed by atoms with E-state index in [0.29, 0.717) is 37.6 Å². The number of rotatable bonds is 3. The van der Waals surface area contributed by atoms with Gasteiger partial charge < -0.3 is 9.32 Å². The topological polar surface area (TPSA) is 74.1 Å². The van der Waals surface area contributed by atoms with Crippen LogP contribution in [-0.2, 0) is 9.59 Å². The van der Waals surface area contributed by atoms with Crippen LogP contribution in [0.1, 0.15) is 28.1 Å². The average molecular weight is 381 g/mol. The van der Waals surface area contributed by atoms with Crippen molar-refractivity contribution in [1.82, 2.24) is 9.80 Å². The molecule has 1 atom stereocenters. The summed E-state index contributed by atoms with van der Waals surface area (Å²) in [4.78, 5) is 43.2. The number of anilines is 1. The van der Waals surface area contributed by atoms with Crippen molar-refractivity contribution in [2.45, 2.75) is 26.3 Å². The summed E-state index contributed by atoms with van der Waals surface area (Å²) in [7, 11) is 0. The minimum Gasteiger partial charge on any atom is -0.459 e. The number of carbonyl (C=O) groups excluding carboxylic acids is 3. The van der Waals surface area contributed by atoms with Gasteiger partial charge in [0.15, 0.2) is 5.76 Å². The third kappa shape index (κ3) is 3.11. The molecule has 1 aromatic carbocycles. The highest BCUT2D eigenvalue weighted by atomic mass is 16.3. The van der Waals surface area contributed by atoms with Crippen LogP contribution < -0.4 is 4.90 Å². The van der Waals surface area contributed by atoms with E-state index in [9.17, 15) is 14.4 Å². The molecule has 3 amide bonds. The average Bonchev–Trinajstić information content (AvgIpc) is 3.31. The molecule has 0 aliphatic carbocycles. The van der Waals surface area contributed by atoms with Crippen LogP contribution in [0.15, 0.2) is 41.0 Å². The molecule has 7 heteroatoms. The van der Waals surface area contributed by atoms with E-state index in [-0.39, 0.29) is 24.1 Å². The lowest BCUT2D eigenvalue weighted by Gasteiger charge is -2.36. The first-order chi connectivity index (χ1) is 13.5. The summed E-state index contributed by atoms with van der Waals surface area (Å²) in [5, 5.41) is 0. The number of nitrogens with zero attached hydrogens (tertiary/aromatic N) is 3. The molecule has 2 fully saturated rings. The van der Waals surface area contributed by atoms with Crippen molar-refractivity contribution >= 4 is 23.4 Å². The standard InChI is InChI=1S/C21H23N3O4/c1-14-5-3-6-15(2)19(14)24-18(25)13-16(20(24)26)22-8-10-23(11-9-22)21(27)17-7-4-12-28-17/h3-7,12,16H,8-11,13H2,1-2H3/t16-/m1/s1. The van der Waals surface area contributed by atoms with Crippen LogP contribution in [0.3, 0.4) is 0 Å². The molecule has 4 rings (SSSR count). The van der Waals surface area contributed by atoms with E-state index in [2.05, 4.69) is 0 Å². The lowest BCUT2D eigenvalue weighted by molar-refractivity contribution is -0.123. The van der Waals surface area contributed by atoms with Crippen molar-refractivity contribution in [2.75, 3.05) is 31.1 Å². The molecule has 3 heterocycles. The van der Waals surface area contributed by atoms with Gasteiger partial charge in [0.05, 0.1) is 24.4 Å². The molecule has 146 valence electrons. The highest BCUT2D eigenvalue weighted by Gasteiger charge is 2.44. The Bertz CT molecular complexity index is 893. The zero-order chi connectivity index (χ0) is 19.8. The number of amides is 3. The molecule has 1 aromatic heterocycles. The molecule has 2 aromatic rings. The largest absolute Gasteiger partial charge is 0.459 e. The van der Waals surface area contributed by atoms with E-state index in [1.165, 1.54) is 11.2 Å². The first-order valence-electron chi connectivity index (χ1n) is 9.47. The van der Waals surface area contributed by atoms with Gasteiger partial charge in [0.2, 0.25) is 5.91 Å². The Morgan fingerprint density at radius 1 is 1.00 bits per heavy atom. The first-order valence-corrected chi connectivity index (χ1v) is 9.47. The molecular formula is C21H23N3O4. The van der Waals surface area contributed by atoms with Crippen molar-refractivity contribution in [3.63, 3.8) is 0 Å². The number of imide groups is 1. The SMILES string of the molecule is Cc1cccc(C)c1N1C(=O)C[C@@H](N2CCN(C(=O)c3ccco3)CC2)C1=O. The van der Waals surface area contributed by atoms with Crippen molar-refractivity contribution < 1.29 is 18.8 Å². The monoisotopic (exact) mass is 381 g/mol. The Morgan fingerprint density at radius 3 is 2.29 bits per heavy atom. The van der Waals surface area contributed by atoms with Crippen LogP contribution in [0.5, 0.6) is 0 Å². The number of hydrogen-bond donors (Lipinski definition) is 0. The van der Waals surface area contributed by atoms with Gasteiger partial charge in [-0.3, -0.25) is 19.3 Å². The van der Waals surface area contributed by atoms with Crippen molar-refractivity contribution in [3.05, 3.63) is 53.5 Å². The molecule has 2 saturated heterocycles. The van der Waals surface area contributed by atoms with Crippen LogP contribution in [-0.4, -0.2) is 59.7 Å².